The molecule has 8 heteroatoms. The second-order valence-corrected chi connectivity index (χ2v) is 8.53. The van der Waals surface area contributed by atoms with Crippen molar-refractivity contribution in [2.45, 2.75) is 19.6 Å². The minimum Gasteiger partial charge on any atom is -0.386 e. The number of anilines is 1. The van der Waals surface area contributed by atoms with Gasteiger partial charge in [0.05, 0.1) is 16.4 Å². The number of guanidine groups is 1. The first-order valence-corrected chi connectivity index (χ1v) is 10.7. The number of aliphatic hydroxyl groups is 1. The summed E-state index contributed by atoms with van der Waals surface area (Å²) in [5, 5.41) is 17.9. The molecule has 3 N–H and O–H groups in total. The first-order valence-electron chi connectivity index (χ1n) is 9.49. The third-order valence-electron chi connectivity index (χ3n) is 4.38. The fourth-order valence-electron chi connectivity index (χ4n) is 2.90. The number of halogens is 1. The number of fused-ring (bicyclic) bond motifs is 1. The molecule has 6 nitrogen and oxygen atoms in total. The van der Waals surface area contributed by atoms with Crippen molar-refractivity contribution in [3.8, 4) is 0 Å². The summed E-state index contributed by atoms with van der Waals surface area (Å²) in [4.78, 5) is 12.2. The van der Waals surface area contributed by atoms with Crippen LogP contribution in [0, 0.1) is 0 Å². The molecule has 0 saturated carbocycles. The van der Waals surface area contributed by atoms with Crippen LogP contribution in [0.3, 0.4) is 0 Å². The average molecular weight is 432 g/mol. The lowest BCUT2D eigenvalue weighted by Gasteiger charge is -2.16. The van der Waals surface area contributed by atoms with E-state index in [4.69, 9.17) is 21.6 Å². The van der Waals surface area contributed by atoms with Crippen molar-refractivity contribution in [2.75, 3.05) is 32.1 Å². The number of hydrogen-bond donors (Lipinski definition) is 3. The van der Waals surface area contributed by atoms with Crippen molar-refractivity contribution < 1.29 is 5.11 Å². The third-order valence-corrected chi connectivity index (χ3v) is 5.72. The topological polar surface area (TPSA) is 72.8 Å². The summed E-state index contributed by atoms with van der Waals surface area (Å²) in [6, 6.07) is 13.8. The molecule has 1 unspecified atom stereocenters. The molecular weight excluding hydrogens is 406 g/mol. The minimum atomic E-state index is -0.640. The highest BCUT2D eigenvalue weighted by Gasteiger charge is 2.12. The lowest BCUT2D eigenvalue weighted by molar-refractivity contribution is 0.184. The fourth-order valence-corrected chi connectivity index (χ4v) is 3.95. The van der Waals surface area contributed by atoms with Crippen molar-refractivity contribution in [3.63, 3.8) is 0 Å². The summed E-state index contributed by atoms with van der Waals surface area (Å²) in [5.74, 6) is 1.55. The van der Waals surface area contributed by atoms with Gasteiger partial charge < -0.3 is 20.6 Å². The Hall–Kier alpha value is -2.35. The summed E-state index contributed by atoms with van der Waals surface area (Å²) in [5.41, 5.74) is 2.05. The molecule has 0 saturated heterocycles. The van der Waals surface area contributed by atoms with Crippen LogP contribution >= 0.6 is 22.9 Å². The van der Waals surface area contributed by atoms with Crippen LogP contribution < -0.4 is 15.5 Å². The van der Waals surface area contributed by atoms with Gasteiger partial charge in [-0.1, -0.05) is 29.8 Å². The maximum atomic E-state index is 10.4. The number of nitrogens with one attached hydrogen (secondary N) is 2. The molecule has 154 valence electrons. The Bertz CT molecular complexity index is 988. The van der Waals surface area contributed by atoms with E-state index in [1.54, 1.807) is 6.07 Å². The van der Waals surface area contributed by atoms with Gasteiger partial charge in [0.2, 0.25) is 0 Å². The molecule has 0 aliphatic rings. The van der Waals surface area contributed by atoms with E-state index in [-0.39, 0.29) is 0 Å². The van der Waals surface area contributed by atoms with Gasteiger partial charge in [-0.3, -0.25) is 0 Å². The average Bonchev–Trinajstić information content (AvgIpc) is 3.15. The number of aromatic nitrogens is 1. The van der Waals surface area contributed by atoms with Gasteiger partial charge in [-0.15, -0.1) is 11.3 Å². The van der Waals surface area contributed by atoms with Gasteiger partial charge in [0.1, 0.15) is 11.9 Å². The van der Waals surface area contributed by atoms with Crippen LogP contribution in [0.25, 0.3) is 10.9 Å². The van der Waals surface area contributed by atoms with E-state index in [9.17, 15) is 5.11 Å². The van der Waals surface area contributed by atoms with Crippen molar-refractivity contribution in [3.05, 3.63) is 57.2 Å². The predicted molar refractivity (Wildman–Crippen MR) is 123 cm³/mol. The highest BCUT2D eigenvalue weighted by atomic mass is 35.5. The molecule has 0 bridgehead atoms. The van der Waals surface area contributed by atoms with Gasteiger partial charge in [0.15, 0.2) is 5.96 Å². The Labute approximate surface area is 180 Å². The number of para-hydroxylation sites is 1. The van der Waals surface area contributed by atoms with Crippen LogP contribution in [0.4, 0.5) is 5.82 Å². The highest BCUT2D eigenvalue weighted by Crippen LogP contribution is 2.26. The van der Waals surface area contributed by atoms with Crippen molar-refractivity contribution in [2.24, 2.45) is 4.99 Å². The zero-order valence-electron chi connectivity index (χ0n) is 16.8. The zero-order valence-corrected chi connectivity index (χ0v) is 18.4. The van der Waals surface area contributed by atoms with Crippen LogP contribution in [-0.4, -0.2) is 43.2 Å². The van der Waals surface area contributed by atoms with Crippen LogP contribution in [0.1, 0.15) is 23.5 Å². The minimum absolute atomic E-state index is 0.350. The maximum absolute atomic E-state index is 10.4. The quantitative estimate of drug-likeness (QED) is 0.392. The number of pyridine rings is 1. The number of hydrogen-bond acceptors (Lipinski definition) is 5. The van der Waals surface area contributed by atoms with Crippen molar-refractivity contribution >= 4 is 45.6 Å². The van der Waals surface area contributed by atoms with Gasteiger partial charge in [-0.05, 0) is 36.8 Å². The normalized spacial score (nSPS) is 12.8. The van der Waals surface area contributed by atoms with Crippen LogP contribution in [-0.2, 0) is 6.54 Å². The fraction of sp³-hybridized carbons (Fsp3) is 0.333. The molecule has 3 aromatic rings. The number of benzene rings is 1. The molecule has 0 fully saturated rings. The van der Waals surface area contributed by atoms with E-state index in [0.29, 0.717) is 23.4 Å². The van der Waals surface area contributed by atoms with Crippen molar-refractivity contribution in [1.29, 1.82) is 0 Å². The standard InChI is InChI=1S/C21H26ClN5OS/c1-4-23-21(25-13-17(28)18-9-10-19(22)29-18)24-12-14-11-20(27(2)3)26-16-8-6-5-7-15(14)16/h5-11,17,28H,4,12-13H2,1-3H3,(H2,23,24,25). The molecular formula is C21H26ClN5OS. The molecule has 0 radical (unpaired) electrons. The van der Waals surface area contributed by atoms with Gasteiger partial charge >= 0.3 is 0 Å². The second kappa shape index (κ2) is 9.91. The first kappa shape index (κ1) is 21.4. The summed E-state index contributed by atoms with van der Waals surface area (Å²) in [7, 11) is 3.96. The molecule has 3 rings (SSSR count). The Kier molecular flexibility index (Phi) is 7.30. The molecule has 0 aliphatic heterocycles. The Balaban J connectivity index is 1.77. The molecule has 2 aromatic heterocycles. The number of aliphatic imine (C=N–C) groups is 1. The number of aliphatic hydroxyl groups excluding tert-OH is 1. The Morgan fingerprint density at radius 3 is 2.72 bits per heavy atom. The maximum Gasteiger partial charge on any atom is 0.191 e. The van der Waals surface area contributed by atoms with Gasteiger partial charge in [0, 0.05) is 37.4 Å². The second-order valence-electron chi connectivity index (χ2n) is 6.78. The summed E-state index contributed by atoms with van der Waals surface area (Å²) in [6.45, 7) is 3.59. The lowest BCUT2D eigenvalue weighted by atomic mass is 10.1. The van der Waals surface area contributed by atoms with E-state index in [0.717, 1.165) is 33.7 Å². The molecule has 29 heavy (non-hydrogen) atoms. The number of rotatable bonds is 7. The molecule has 2 heterocycles. The highest BCUT2D eigenvalue weighted by molar-refractivity contribution is 7.16. The molecule has 1 atom stereocenters. The molecule has 0 amide bonds. The summed E-state index contributed by atoms with van der Waals surface area (Å²) < 4.78 is 0.667. The van der Waals surface area contributed by atoms with Crippen LogP contribution in [0.2, 0.25) is 4.34 Å². The SMILES string of the molecule is CCNC(=NCc1cc(N(C)C)nc2ccccc12)NCC(O)c1ccc(Cl)s1. The zero-order chi connectivity index (χ0) is 20.8. The molecule has 0 aliphatic carbocycles. The predicted octanol–water partition coefficient (Wildman–Crippen LogP) is 3.80. The first-order chi connectivity index (χ1) is 14.0. The summed E-state index contributed by atoms with van der Waals surface area (Å²) in [6.07, 6.45) is -0.640. The van der Waals surface area contributed by atoms with Crippen LogP contribution in [0.5, 0.6) is 0 Å². The number of thiophene rings is 1. The van der Waals surface area contributed by atoms with Gasteiger partial charge in [-0.25, -0.2) is 9.98 Å². The van der Waals surface area contributed by atoms with E-state index in [2.05, 4.69) is 22.8 Å². The van der Waals surface area contributed by atoms with E-state index in [1.165, 1.54) is 11.3 Å². The Morgan fingerprint density at radius 2 is 2.03 bits per heavy atom. The van der Waals surface area contributed by atoms with Crippen LogP contribution in [0.15, 0.2) is 47.5 Å². The molecule has 1 aromatic carbocycles. The van der Waals surface area contributed by atoms with Crippen molar-refractivity contribution in [1.82, 2.24) is 15.6 Å². The largest absolute Gasteiger partial charge is 0.386 e. The lowest BCUT2D eigenvalue weighted by Crippen LogP contribution is -2.39. The summed E-state index contributed by atoms with van der Waals surface area (Å²) >= 11 is 7.34. The smallest absolute Gasteiger partial charge is 0.191 e. The van der Waals surface area contributed by atoms with E-state index < -0.39 is 6.10 Å². The van der Waals surface area contributed by atoms with E-state index >= 15 is 0 Å². The van der Waals surface area contributed by atoms with E-state index in [1.807, 2.05) is 50.2 Å². The molecule has 0 spiro atoms. The number of nitrogens with zero attached hydrogens (tertiary/aromatic N) is 3. The van der Waals surface area contributed by atoms with Gasteiger partial charge in [0.25, 0.3) is 0 Å². The third kappa shape index (κ3) is 5.59. The van der Waals surface area contributed by atoms with Gasteiger partial charge in [-0.2, -0.15) is 0 Å². The monoisotopic (exact) mass is 431 g/mol. The Morgan fingerprint density at radius 1 is 1.24 bits per heavy atom.